The summed E-state index contributed by atoms with van der Waals surface area (Å²) in [6.07, 6.45) is 0. The molecule has 0 radical (unpaired) electrons. The van der Waals surface area contributed by atoms with Crippen molar-refractivity contribution in [3.05, 3.63) is 41.0 Å². The first-order valence-electron chi connectivity index (χ1n) is 8.70. The second-order valence-electron chi connectivity index (χ2n) is 7.60. The summed E-state index contributed by atoms with van der Waals surface area (Å²) in [6, 6.07) is 0.307. The number of hydrogen-bond donors (Lipinski definition) is 0. The monoisotopic (exact) mass is 408 g/mol. The molecule has 2 aromatic rings. The fraction of sp³-hybridized carbons (Fsp3) is 0.474. The molecule has 0 fully saturated rings. The van der Waals surface area contributed by atoms with Crippen molar-refractivity contribution in [2.75, 3.05) is 0 Å². The molecule has 0 saturated carbocycles. The van der Waals surface area contributed by atoms with E-state index in [1.54, 1.807) is 0 Å². The van der Waals surface area contributed by atoms with Crippen molar-refractivity contribution >= 4 is 19.1 Å². The summed E-state index contributed by atoms with van der Waals surface area (Å²) in [7, 11) is -2.89. The predicted molar refractivity (Wildman–Crippen MR) is 95.4 cm³/mol. The summed E-state index contributed by atoms with van der Waals surface area (Å²) in [5.41, 5.74) is -0.259. The molecule has 0 unspecified atom stereocenters. The summed E-state index contributed by atoms with van der Waals surface area (Å²) < 4.78 is 90.8. The Labute approximate surface area is 155 Å². The van der Waals surface area contributed by atoms with Crippen LogP contribution in [-0.4, -0.2) is 8.32 Å². The number of halogens is 6. The summed E-state index contributed by atoms with van der Waals surface area (Å²) in [5, 5.41) is -2.18. The quantitative estimate of drug-likeness (QED) is 0.219. The Balaban J connectivity index is 2.86. The highest BCUT2D eigenvalue weighted by molar-refractivity contribution is 6.78. The van der Waals surface area contributed by atoms with E-state index in [1.807, 2.05) is 41.5 Å². The predicted octanol–water partition coefficient (Wildman–Crippen LogP) is 7.23. The Bertz CT molecular complexity index is 857. The Morgan fingerprint density at radius 3 is 1.56 bits per heavy atom. The number of benzene rings is 2. The maximum atomic E-state index is 15.0. The van der Waals surface area contributed by atoms with Gasteiger partial charge in [0, 0.05) is 5.39 Å². The van der Waals surface area contributed by atoms with Gasteiger partial charge in [0.25, 0.3) is 8.32 Å². The SMILES string of the molecule is CC(C)[Si](Oc1c(F)c(F)c2c(F)c(F)c(F)cc2c1F)(C(C)C)C(C)C. The fourth-order valence-corrected chi connectivity index (χ4v) is 9.27. The minimum Gasteiger partial charge on any atom is -0.539 e. The maximum Gasteiger partial charge on any atom is 0.259 e. The average molecular weight is 408 g/mol. The molecule has 0 aliphatic rings. The molecule has 0 N–H and O–H groups in total. The third-order valence-electron chi connectivity index (χ3n) is 5.20. The van der Waals surface area contributed by atoms with Gasteiger partial charge in [0.1, 0.15) is 0 Å². The van der Waals surface area contributed by atoms with Gasteiger partial charge in [0.2, 0.25) is 5.82 Å². The van der Waals surface area contributed by atoms with Gasteiger partial charge in [-0.1, -0.05) is 41.5 Å². The first-order valence-corrected chi connectivity index (χ1v) is 10.8. The molecule has 1 nitrogen and oxygen atoms in total. The molecular weight excluding hydrogens is 386 g/mol. The molecule has 0 spiro atoms. The molecule has 0 bridgehead atoms. The van der Waals surface area contributed by atoms with Crippen LogP contribution in [0.25, 0.3) is 10.8 Å². The lowest BCUT2D eigenvalue weighted by Crippen LogP contribution is -2.51. The molecule has 27 heavy (non-hydrogen) atoms. The van der Waals surface area contributed by atoms with Crippen LogP contribution in [0.5, 0.6) is 5.75 Å². The molecule has 8 heteroatoms. The summed E-state index contributed by atoms with van der Waals surface area (Å²) >= 11 is 0. The van der Waals surface area contributed by atoms with Gasteiger partial charge in [-0.15, -0.1) is 0 Å². The highest BCUT2D eigenvalue weighted by atomic mass is 28.4. The van der Waals surface area contributed by atoms with Crippen molar-refractivity contribution in [2.24, 2.45) is 0 Å². The smallest absolute Gasteiger partial charge is 0.259 e. The molecule has 2 aromatic carbocycles. The van der Waals surface area contributed by atoms with Crippen LogP contribution in [0.3, 0.4) is 0 Å². The van der Waals surface area contributed by atoms with E-state index in [9.17, 15) is 26.3 Å². The van der Waals surface area contributed by atoms with Gasteiger partial charge in [0.05, 0.1) is 5.39 Å². The van der Waals surface area contributed by atoms with E-state index in [1.165, 1.54) is 0 Å². The van der Waals surface area contributed by atoms with Crippen LogP contribution < -0.4 is 4.43 Å². The first-order chi connectivity index (χ1) is 12.4. The van der Waals surface area contributed by atoms with Crippen LogP contribution in [0.4, 0.5) is 26.3 Å². The Morgan fingerprint density at radius 2 is 1.11 bits per heavy atom. The standard InChI is InChI=1S/C19H22F6OSi/c1-8(2)27(9(3)4,10(5)6)26-19-14(21)11-7-12(20)15(22)16(23)13(11)17(24)18(19)25/h7-10H,1-6H3. The molecule has 2 rings (SSSR count). The van der Waals surface area contributed by atoms with E-state index in [0.29, 0.717) is 6.07 Å². The molecule has 0 aromatic heterocycles. The normalized spacial score (nSPS) is 12.7. The third-order valence-corrected chi connectivity index (χ3v) is 11.2. The van der Waals surface area contributed by atoms with Crippen molar-refractivity contribution in [3.8, 4) is 5.75 Å². The maximum absolute atomic E-state index is 15.0. The average Bonchev–Trinajstić information content (AvgIpc) is 2.56. The lowest BCUT2D eigenvalue weighted by Gasteiger charge is -2.42. The van der Waals surface area contributed by atoms with E-state index < -0.39 is 59.7 Å². The summed E-state index contributed by atoms with van der Waals surface area (Å²) in [6.45, 7) is 11.1. The zero-order valence-electron chi connectivity index (χ0n) is 16.0. The number of rotatable bonds is 5. The van der Waals surface area contributed by atoms with E-state index in [2.05, 4.69) is 0 Å². The minimum atomic E-state index is -2.89. The van der Waals surface area contributed by atoms with Crippen LogP contribution in [0.1, 0.15) is 41.5 Å². The molecular formula is C19H22F6OSi. The van der Waals surface area contributed by atoms with Gasteiger partial charge in [-0.3, -0.25) is 0 Å². The van der Waals surface area contributed by atoms with Gasteiger partial charge in [0.15, 0.2) is 34.8 Å². The van der Waals surface area contributed by atoms with Gasteiger partial charge in [-0.05, 0) is 22.7 Å². The van der Waals surface area contributed by atoms with Crippen LogP contribution in [-0.2, 0) is 0 Å². The third kappa shape index (κ3) is 3.21. The number of fused-ring (bicyclic) bond motifs is 1. The number of hydrogen-bond acceptors (Lipinski definition) is 1. The highest BCUT2D eigenvalue weighted by Gasteiger charge is 2.48. The topological polar surface area (TPSA) is 9.23 Å². The second kappa shape index (κ2) is 7.37. The van der Waals surface area contributed by atoms with Crippen molar-refractivity contribution < 1.29 is 30.8 Å². The molecule has 150 valence electrons. The van der Waals surface area contributed by atoms with E-state index in [4.69, 9.17) is 4.43 Å². The molecule has 0 aliphatic heterocycles. The van der Waals surface area contributed by atoms with Gasteiger partial charge < -0.3 is 4.43 Å². The lowest BCUT2D eigenvalue weighted by atomic mass is 10.1. The van der Waals surface area contributed by atoms with Crippen molar-refractivity contribution in [1.29, 1.82) is 0 Å². The lowest BCUT2D eigenvalue weighted by molar-refractivity contribution is 0.396. The van der Waals surface area contributed by atoms with Gasteiger partial charge in [-0.2, -0.15) is 4.39 Å². The van der Waals surface area contributed by atoms with Gasteiger partial charge >= 0.3 is 0 Å². The van der Waals surface area contributed by atoms with E-state index >= 15 is 0 Å². The van der Waals surface area contributed by atoms with Crippen LogP contribution in [0.2, 0.25) is 16.6 Å². The van der Waals surface area contributed by atoms with Crippen molar-refractivity contribution in [2.45, 2.75) is 58.2 Å². The zero-order valence-corrected chi connectivity index (χ0v) is 17.0. The fourth-order valence-electron chi connectivity index (χ4n) is 4.03. The highest BCUT2D eigenvalue weighted by Crippen LogP contribution is 2.45. The molecule has 0 saturated heterocycles. The zero-order chi connectivity index (χ0) is 20.8. The first kappa shape index (κ1) is 21.6. The summed E-state index contributed by atoms with van der Waals surface area (Å²) in [4.78, 5) is 0. The van der Waals surface area contributed by atoms with Crippen LogP contribution in [0.15, 0.2) is 6.07 Å². The Kier molecular flexibility index (Phi) is 5.90. The van der Waals surface area contributed by atoms with Crippen molar-refractivity contribution in [3.63, 3.8) is 0 Å². The molecule has 0 aliphatic carbocycles. The molecule has 0 heterocycles. The van der Waals surface area contributed by atoms with E-state index in [-0.39, 0.29) is 16.6 Å². The summed E-state index contributed by atoms with van der Waals surface area (Å²) in [5.74, 6) is -11.7. The Hall–Kier alpha value is -1.70. The second-order valence-corrected chi connectivity index (χ2v) is 13.0. The molecule has 0 amide bonds. The van der Waals surface area contributed by atoms with Crippen LogP contribution >= 0.6 is 0 Å². The largest absolute Gasteiger partial charge is 0.539 e. The Morgan fingerprint density at radius 1 is 0.667 bits per heavy atom. The molecule has 0 atom stereocenters. The van der Waals surface area contributed by atoms with Gasteiger partial charge in [-0.25, -0.2) is 22.0 Å². The minimum absolute atomic E-state index is 0.0863. The van der Waals surface area contributed by atoms with E-state index in [0.717, 1.165) is 0 Å². The van der Waals surface area contributed by atoms with Crippen LogP contribution in [0, 0.1) is 34.9 Å². The van der Waals surface area contributed by atoms with Crippen molar-refractivity contribution in [1.82, 2.24) is 0 Å².